The van der Waals surface area contributed by atoms with E-state index in [0.717, 1.165) is 32.4 Å². The van der Waals surface area contributed by atoms with Crippen LogP contribution in [0.15, 0.2) is 18.7 Å². The van der Waals surface area contributed by atoms with Crippen molar-refractivity contribution in [2.75, 3.05) is 18.4 Å². The van der Waals surface area contributed by atoms with Gasteiger partial charge in [-0.05, 0) is 19.4 Å². The molecule has 1 saturated heterocycles. The van der Waals surface area contributed by atoms with E-state index >= 15 is 0 Å². The quantitative estimate of drug-likeness (QED) is 0.821. The van der Waals surface area contributed by atoms with E-state index in [1.54, 1.807) is 12.4 Å². The number of rotatable bonds is 4. The van der Waals surface area contributed by atoms with Gasteiger partial charge in [0.05, 0.1) is 23.5 Å². The third kappa shape index (κ3) is 2.61. The van der Waals surface area contributed by atoms with Gasteiger partial charge in [-0.25, -0.2) is 9.97 Å². The number of hydrogen-bond acceptors (Lipinski definition) is 4. The predicted octanol–water partition coefficient (Wildman–Crippen LogP) is 1.19. The van der Waals surface area contributed by atoms with Crippen LogP contribution >= 0.6 is 0 Å². The summed E-state index contributed by atoms with van der Waals surface area (Å²) >= 11 is 0. The van der Waals surface area contributed by atoms with E-state index in [1.807, 2.05) is 0 Å². The Kier molecular flexibility index (Phi) is 3.68. The summed E-state index contributed by atoms with van der Waals surface area (Å²) in [6.07, 6.45) is 7.52. The largest absolute Gasteiger partial charge is 0.323 e. The van der Waals surface area contributed by atoms with Crippen LogP contribution in [0.4, 0.5) is 5.69 Å². The summed E-state index contributed by atoms with van der Waals surface area (Å²) < 4.78 is 0. The van der Waals surface area contributed by atoms with Crippen LogP contribution in [0.5, 0.6) is 0 Å². The lowest BCUT2D eigenvalue weighted by Crippen LogP contribution is -2.38. The molecule has 2 rings (SSSR count). The zero-order valence-electron chi connectivity index (χ0n) is 10.1. The standard InChI is InChI=1S/C12H18N4O/c1-2-3-12(4-5-13-8-12)11(17)16-10-6-14-9-15-7-10/h6-7,9,13H,2-5,8H2,1H3,(H,16,17). The predicted molar refractivity (Wildman–Crippen MR) is 65.5 cm³/mol. The monoisotopic (exact) mass is 234 g/mol. The summed E-state index contributed by atoms with van der Waals surface area (Å²) in [6, 6.07) is 0. The molecule has 17 heavy (non-hydrogen) atoms. The van der Waals surface area contributed by atoms with E-state index in [2.05, 4.69) is 27.5 Å². The van der Waals surface area contributed by atoms with Gasteiger partial charge in [-0.2, -0.15) is 0 Å². The highest BCUT2D eigenvalue weighted by Crippen LogP contribution is 2.32. The van der Waals surface area contributed by atoms with Crippen LogP contribution in [0.1, 0.15) is 26.2 Å². The van der Waals surface area contributed by atoms with Crippen LogP contribution in [-0.2, 0) is 4.79 Å². The molecule has 0 aliphatic carbocycles. The second-order valence-corrected chi connectivity index (χ2v) is 4.54. The van der Waals surface area contributed by atoms with Gasteiger partial charge in [0.15, 0.2) is 0 Å². The smallest absolute Gasteiger partial charge is 0.232 e. The van der Waals surface area contributed by atoms with Crippen molar-refractivity contribution in [2.45, 2.75) is 26.2 Å². The van der Waals surface area contributed by atoms with Crippen molar-refractivity contribution < 1.29 is 4.79 Å². The highest BCUT2D eigenvalue weighted by molar-refractivity contribution is 5.95. The van der Waals surface area contributed by atoms with Crippen LogP contribution in [-0.4, -0.2) is 29.0 Å². The van der Waals surface area contributed by atoms with Crippen LogP contribution < -0.4 is 10.6 Å². The van der Waals surface area contributed by atoms with Crippen molar-refractivity contribution in [3.8, 4) is 0 Å². The van der Waals surface area contributed by atoms with Crippen molar-refractivity contribution in [3.63, 3.8) is 0 Å². The fourth-order valence-corrected chi connectivity index (χ4v) is 2.37. The molecule has 1 amide bonds. The molecule has 0 spiro atoms. The second kappa shape index (κ2) is 5.23. The summed E-state index contributed by atoms with van der Waals surface area (Å²) in [5.74, 6) is 0.0825. The Balaban J connectivity index is 2.07. The molecule has 1 unspecified atom stereocenters. The molecule has 2 N–H and O–H groups in total. The zero-order valence-corrected chi connectivity index (χ0v) is 10.1. The Morgan fingerprint density at radius 3 is 2.88 bits per heavy atom. The number of nitrogens with one attached hydrogen (secondary N) is 2. The van der Waals surface area contributed by atoms with Crippen LogP contribution in [0.3, 0.4) is 0 Å². The van der Waals surface area contributed by atoms with Crippen molar-refractivity contribution in [1.29, 1.82) is 0 Å². The van der Waals surface area contributed by atoms with Gasteiger partial charge in [0.2, 0.25) is 5.91 Å². The summed E-state index contributed by atoms with van der Waals surface area (Å²) in [7, 11) is 0. The molecular formula is C12H18N4O. The molecule has 1 aliphatic rings. The molecule has 1 aromatic heterocycles. The third-order valence-corrected chi connectivity index (χ3v) is 3.27. The summed E-state index contributed by atoms with van der Waals surface area (Å²) in [6.45, 7) is 3.79. The fraction of sp³-hybridized carbons (Fsp3) is 0.583. The Morgan fingerprint density at radius 1 is 1.53 bits per heavy atom. The first kappa shape index (κ1) is 12.0. The SMILES string of the molecule is CCCC1(C(=O)Nc2cncnc2)CCNC1. The Labute approximate surface area is 101 Å². The molecule has 1 fully saturated rings. The van der Waals surface area contributed by atoms with Crippen molar-refractivity contribution >= 4 is 11.6 Å². The average molecular weight is 234 g/mol. The van der Waals surface area contributed by atoms with Crippen LogP contribution in [0.25, 0.3) is 0 Å². The van der Waals surface area contributed by atoms with Gasteiger partial charge in [0.25, 0.3) is 0 Å². The van der Waals surface area contributed by atoms with E-state index in [1.165, 1.54) is 6.33 Å². The molecule has 0 bridgehead atoms. The lowest BCUT2D eigenvalue weighted by atomic mass is 9.81. The van der Waals surface area contributed by atoms with Gasteiger partial charge >= 0.3 is 0 Å². The van der Waals surface area contributed by atoms with E-state index in [-0.39, 0.29) is 11.3 Å². The fourth-order valence-electron chi connectivity index (χ4n) is 2.37. The van der Waals surface area contributed by atoms with E-state index < -0.39 is 0 Å². The minimum Gasteiger partial charge on any atom is -0.323 e. The number of hydrogen-bond donors (Lipinski definition) is 2. The van der Waals surface area contributed by atoms with E-state index in [4.69, 9.17) is 0 Å². The maximum Gasteiger partial charge on any atom is 0.232 e. The number of carbonyl (C=O) groups is 1. The maximum absolute atomic E-state index is 12.3. The van der Waals surface area contributed by atoms with E-state index in [9.17, 15) is 4.79 Å². The van der Waals surface area contributed by atoms with Gasteiger partial charge < -0.3 is 10.6 Å². The van der Waals surface area contributed by atoms with Crippen molar-refractivity contribution in [3.05, 3.63) is 18.7 Å². The molecule has 0 aromatic carbocycles. The molecule has 1 atom stereocenters. The second-order valence-electron chi connectivity index (χ2n) is 4.54. The van der Waals surface area contributed by atoms with Gasteiger partial charge in [-0.1, -0.05) is 13.3 Å². The molecule has 2 heterocycles. The van der Waals surface area contributed by atoms with Gasteiger partial charge in [0, 0.05) is 6.54 Å². The van der Waals surface area contributed by atoms with Gasteiger partial charge in [-0.3, -0.25) is 4.79 Å². The van der Waals surface area contributed by atoms with Gasteiger partial charge in [0.1, 0.15) is 6.33 Å². The minimum atomic E-state index is -0.259. The summed E-state index contributed by atoms with van der Waals surface area (Å²) in [5.41, 5.74) is 0.407. The average Bonchev–Trinajstić information content (AvgIpc) is 2.81. The number of aromatic nitrogens is 2. The van der Waals surface area contributed by atoms with E-state index in [0.29, 0.717) is 5.69 Å². The Hall–Kier alpha value is -1.49. The summed E-state index contributed by atoms with van der Waals surface area (Å²) in [4.78, 5) is 20.1. The topological polar surface area (TPSA) is 66.9 Å². The number of anilines is 1. The van der Waals surface area contributed by atoms with Crippen molar-refractivity contribution in [1.82, 2.24) is 15.3 Å². The molecule has 0 saturated carbocycles. The van der Waals surface area contributed by atoms with Gasteiger partial charge in [-0.15, -0.1) is 0 Å². The molecule has 5 heteroatoms. The first-order chi connectivity index (χ1) is 8.27. The van der Waals surface area contributed by atoms with Crippen LogP contribution in [0, 0.1) is 5.41 Å². The Bertz CT molecular complexity index is 373. The minimum absolute atomic E-state index is 0.0825. The molecule has 1 aromatic rings. The maximum atomic E-state index is 12.3. The van der Waals surface area contributed by atoms with Crippen molar-refractivity contribution in [2.24, 2.45) is 5.41 Å². The van der Waals surface area contributed by atoms with Crippen LogP contribution in [0.2, 0.25) is 0 Å². The zero-order chi connectivity index (χ0) is 12.1. The Morgan fingerprint density at radius 2 is 2.29 bits per heavy atom. The number of nitrogens with zero attached hydrogens (tertiary/aromatic N) is 2. The number of carbonyl (C=O) groups excluding carboxylic acids is 1. The summed E-state index contributed by atoms with van der Waals surface area (Å²) in [5, 5.41) is 6.18. The lowest BCUT2D eigenvalue weighted by molar-refractivity contribution is -0.125. The molecule has 0 radical (unpaired) electrons. The molecule has 5 nitrogen and oxygen atoms in total. The molecule has 92 valence electrons. The normalized spacial score (nSPS) is 23.6. The third-order valence-electron chi connectivity index (χ3n) is 3.27. The lowest BCUT2D eigenvalue weighted by Gasteiger charge is -2.26. The highest BCUT2D eigenvalue weighted by atomic mass is 16.2. The molecule has 1 aliphatic heterocycles. The molecular weight excluding hydrogens is 216 g/mol. The highest BCUT2D eigenvalue weighted by Gasteiger charge is 2.40. The first-order valence-corrected chi connectivity index (χ1v) is 6.04. The number of amides is 1. The first-order valence-electron chi connectivity index (χ1n) is 6.04.